The molecular weight excluding hydrogens is 1340 g/mol. The summed E-state index contributed by atoms with van der Waals surface area (Å²) in [6, 6.07) is -5.29. The van der Waals surface area contributed by atoms with E-state index in [0.717, 1.165) is 0 Å². The molecule has 0 aromatic rings. The van der Waals surface area contributed by atoms with Crippen LogP contribution in [0.2, 0.25) is 0 Å². The number of carbonyl (C=O) groups is 8. The van der Waals surface area contributed by atoms with Gasteiger partial charge in [0.25, 0.3) is 0 Å². The summed E-state index contributed by atoms with van der Waals surface area (Å²) in [6.45, 7) is 4.44. The first-order valence-electron chi connectivity index (χ1n) is 33.4. The number of Topliss-reactive ketones (excluding diaryl/α,β-unsaturated/α-hetero) is 1. The van der Waals surface area contributed by atoms with Crippen molar-refractivity contribution in [3.63, 3.8) is 0 Å². The Labute approximate surface area is 580 Å². The van der Waals surface area contributed by atoms with Gasteiger partial charge in [0.15, 0.2) is 24.7 Å². The first-order valence-corrected chi connectivity index (χ1v) is 33.4. The highest BCUT2D eigenvalue weighted by atomic mass is 16.7. The van der Waals surface area contributed by atoms with Crippen molar-refractivity contribution in [3.05, 3.63) is 0 Å². The molecule has 0 bridgehead atoms. The fourth-order valence-electron chi connectivity index (χ4n) is 9.98. The zero-order valence-electron chi connectivity index (χ0n) is 57.4. The largest absolute Gasteiger partial charge is 0.394 e. The summed E-state index contributed by atoms with van der Waals surface area (Å²) in [6.07, 6.45) is -13.6. The first kappa shape index (κ1) is 89.2. The van der Waals surface area contributed by atoms with Gasteiger partial charge in [-0.25, -0.2) is 0 Å². The molecule has 17 atom stereocenters. The van der Waals surface area contributed by atoms with Crippen molar-refractivity contribution in [2.45, 2.75) is 170 Å². The number of ketones is 1. The summed E-state index contributed by atoms with van der Waals surface area (Å²) >= 11 is 0. The van der Waals surface area contributed by atoms with E-state index < -0.39 is 166 Å². The number of ether oxygens (including phenoxy) is 15. The molecule has 3 heterocycles. The molecule has 39 heteroatoms. The van der Waals surface area contributed by atoms with Crippen LogP contribution in [0.15, 0.2) is 0 Å². The number of nitrogens with one attached hydrogen (secondary N) is 7. The molecule has 3 fully saturated rings. The van der Waals surface area contributed by atoms with Crippen molar-refractivity contribution in [2.24, 2.45) is 0 Å². The Bertz CT molecular complexity index is 2310. The van der Waals surface area contributed by atoms with Gasteiger partial charge in [-0.3, -0.25) is 38.4 Å². The topological polar surface area (TPSA) is 541 Å². The van der Waals surface area contributed by atoms with Gasteiger partial charge in [-0.15, -0.1) is 0 Å². The average molecular weight is 1450 g/mol. The predicted octanol–water partition coefficient (Wildman–Crippen LogP) is -8.85. The van der Waals surface area contributed by atoms with Crippen molar-refractivity contribution in [2.75, 3.05) is 172 Å². The van der Waals surface area contributed by atoms with Gasteiger partial charge in [-0.05, 0) is 45.4 Å². The maximum atomic E-state index is 13.7. The van der Waals surface area contributed by atoms with E-state index in [1.54, 1.807) is 0 Å². The molecule has 16 N–H and O–H groups in total. The molecule has 1 unspecified atom stereocenters. The Morgan fingerprint density at radius 3 is 0.920 bits per heavy atom. The third kappa shape index (κ3) is 36.4. The second-order valence-corrected chi connectivity index (χ2v) is 23.2. The number of aliphatic hydroxyl groups is 9. The minimum atomic E-state index is -1.46. The van der Waals surface area contributed by atoms with E-state index >= 15 is 0 Å². The molecule has 580 valence electrons. The smallest absolute Gasteiger partial charge is 0.246 e. The van der Waals surface area contributed by atoms with Crippen LogP contribution in [0.4, 0.5) is 0 Å². The third-order valence-corrected chi connectivity index (χ3v) is 15.2. The first-order chi connectivity index (χ1) is 48.0. The standard InChI is InChI=1S/C61H109N7O32/c1-37(72)41(9-5-7-11-62-46(76)34-92-22-19-86-13-16-89-25-28-95-59-49(64-38(2)73)55(82)52(79)43(31-69)98-59)68-58(85)42(67-48(78)36-94-24-21-88-15-18-91-27-30-97-61-51(66-40(4)75)57(84)54(81)45(33-71)100-61)10-6-8-12-63-47(77)35-93-23-20-87-14-17-90-26-29-96-60-50(65-39(3)74)56(83)53(80)44(32-70)99-60/h41-45,49-57,59-61,69-71,79-84H,5-36H2,1-4H3,(H,62,76)(H,63,77)(H,64,73)(H,65,74)(H,66,75)(H,67,78)(H,68,85)/t41?,42-,43+,44+,45+,49+,50+,51+,52-,53-,54-,55+,56+,57+,59+,60+,61+/m0/s1. The van der Waals surface area contributed by atoms with E-state index in [1.807, 2.05) is 0 Å². The third-order valence-electron chi connectivity index (χ3n) is 15.2. The Balaban J connectivity index is 1.34. The van der Waals surface area contributed by atoms with Crippen LogP contribution >= 0.6 is 0 Å². The number of hydrogen-bond acceptors (Lipinski definition) is 32. The van der Waals surface area contributed by atoms with Crippen molar-refractivity contribution < 1.29 is 155 Å². The molecule has 0 saturated carbocycles. The van der Waals surface area contributed by atoms with Crippen LogP contribution in [-0.4, -0.2) is 369 Å². The lowest BCUT2D eigenvalue weighted by atomic mass is 9.97. The number of hydrogen-bond donors (Lipinski definition) is 16. The number of rotatable bonds is 56. The highest BCUT2D eigenvalue weighted by molar-refractivity contribution is 5.92. The van der Waals surface area contributed by atoms with Crippen LogP contribution in [0.3, 0.4) is 0 Å². The molecule has 3 saturated heterocycles. The van der Waals surface area contributed by atoms with Gasteiger partial charge >= 0.3 is 0 Å². The van der Waals surface area contributed by atoms with Crippen LogP contribution < -0.4 is 37.2 Å². The highest BCUT2D eigenvalue weighted by Crippen LogP contribution is 2.25. The van der Waals surface area contributed by atoms with Gasteiger partial charge in [0.1, 0.15) is 98.9 Å². The van der Waals surface area contributed by atoms with Gasteiger partial charge in [0.2, 0.25) is 41.4 Å². The van der Waals surface area contributed by atoms with Crippen molar-refractivity contribution >= 4 is 47.1 Å². The van der Waals surface area contributed by atoms with Crippen molar-refractivity contribution in [1.29, 1.82) is 0 Å². The fraction of sp³-hybridized carbons (Fsp3) is 0.869. The monoisotopic (exact) mass is 1450 g/mol. The summed E-state index contributed by atoms with van der Waals surface area (Å²) in [5.41, 5.74) is 0. The maximum Gasteiger partial charge on any atom is 0.246 e. The summed E-state index contributed by atoms with van der Waals surface area (Å²) < 4.78 is 82.4. The van der Waals surface area contributed by atoms with Gasteiger partial charge in [-0.1, -0.05) is 0 Å². The van der Waals surface area contributed by atoms with Gasteiger partial charge < -0.3 is 154 Å². The van der Waals surface area contributed by atoms with Gasteiger partial charge in [0, 0.05) is 33.9 Å². The predicted molar refractivity (Wildman–Crippen MR) is 340 cm³/mol. The molecule has 3 aliphatic heterocycles. The second kappa shape index (κ2) is 52.9. The number of unbranched alkanes of at least 4 members (excludes halogenated alkanes) is 2. The van der Waals surface area contributed by atoms with Gasteiger partial charge in [-0.2, -0.15) is 0 Å². The molecule has 39 nitrogen and oxygen atoms in total. The maximum absolute atomic E-state index is 13.7. The van der Waals surface area contributed by atoms with Crippen LogP contribution in [0, 0.1) is 0 Å². The Morgan fingerprint density at radius 2 is 0.630 bits per heavy atom. The molecule has 0 aliphatic carbocycles. The Hall–Kier alpha value is -5.00. The molecule has 0 aromatic carbocycles. The van der Waals surface area contributed by atoms with E-state index in [2.05, 4.69) is 37.2 Å². The van der Waals surface area contributed by atoms with E-state index in [1.165, 1.54) is 27.7 Å². The highest BCUT2D eigenvalue weighted by Gasteiger charge is 2.48. The number of carbonyl (C=O) groups excluding carboxylic acids is 8. The molecule has 0 spiro atoms. The lowest BCUT2D eigenvalue weighted by Gasteiger charge is -2.42. The molecule has 3 aliphatic rings. The zero-order chi connectivity index (χ0) is 73.6. The van der Waals surface area contributed by atoms with Crippen LogP contribution in [0.25, 0.3) is 0 Å². The minimum Gasteiger partial charge on any atom is -0.394 e. The second-order valence-electron chi connectivity index (χ2n) is 23.2. The fourth-order valence-corrected chi connectivity index (χ4v) is 9.98. The van der Waals surface area contributed by atoms with E-state index in [-0.39, 0.29) is 170 Å². The molecular formula is C61H109N7O32. The van der Waals surface area contributed by atoms with Crippen molar-refractivity contribution in [1.82, 2.24) is 37.2 Å². The molecule has 100 heavy (non-hydrogen) atoms. The summed E-state index contributed by atoms with van der Waals surface area (Å²) in [5.74, 6) is -3.87. The SMILES string of the molecule is CC(=O)N[C@H]1[C@H](OCCOCCOCCOCC(=O)NCCCCC(NC(=O)[C@H](CCCCNC(=O)COCCOCCOCCO[C@@H]2O[C@H](CO)[C@H](O)[C@H](O)[C@H]2NC(C)=O)NC(=O)COCCOCCOCCO[C@@H]2O[C@H](CO)[C@H](O)[C@H](O)[C@H]2NC(C)=O)C(C)=O)O[C@H](CO)[C@H](O)[C@@H]1O. The van der Waals surface area contributed by atoms with Crippen LogP contribution in [0.5, 0.6) is 0 Å². The van der Waals surface area contributed by atoms with E-state index in [4.69, 9.17) is 71.1 Å². The molecule has 0 aromatic heterocycles. The van der Waals surface area contributed by atoms with E-state index in [0.29, 0.717) is 25.7 Å². The zero-order valence-corrected chi connectivity index (χ0v) is 57.4. The normalized spacial score (nSPS) is 25.8. The lowest BCUT2D eigenvalue weighted by molar-refractivity contribution is -0.272. The van der Waals surface area contributed by atoms with Crippen LogP contribution in [-0.2, 0) is 109 Å². The minimum absolute atomic E-state index is 0.00501. The Morgan fingerprint density at radius 1 is 0.350 bits per heavy atom. The van der Waals surface area contributed by atoms with Crippen molar-refractivity contribution in [3.8, 4) is 0 Å². The Kier molecular flexibility index (Phi) is 47.2. The summed E-state index contributed by atoms with van der Waals surface area (Å²) in [7, 11) is 0. The molecule has 0 radical (unpaired) electrons. The van der Waals surface area contributed by atoms with Gasteiger partial charge in [0.05, 0.1) is 145 Å². The summed E-state index contributed by atoms with van der Waals surface area (Å²) in [5, 5.41) is 108. The van der Waals surface area contributed by atoms with Crippen LogP contribution in [0.1, 0.15) is 66.2 Å². The average Bonchev–Trinajstić information content (AvgIpc) is 0.824. The quantitative estimate of drug-likeness (QED) is 0.0252. The lowest BCUT2D eigenvalue weighted by Crippen LogP contribution is -2.64. The molecule has 7 amide bonds. The summed E-state index contributed by atoms with van der Waals surface area (Å²) in [4.78, 5) is 99.5. The number of aliphatic hydroxyl groups excluding tert-OH is 9. The number of amides is 7. The molecule has 3 rings (SSSR count). The van der Waals surface area contributed by atoms with E-state index in [9.17, 15) is 84.3 Å².